The molecule has 2 nitrogen and oxygen atoms in total. The van der Waals surface area contributed by atoms with E-state index in [1.165, 1.54) is 12.8 Å². The Labute approximate surface area is 58.0 Å². The van der Waals surface area contributed by atoms with Crippen LogP contribution in [0.1, 0.15) is 33.6 Å². The van der Waals surface area contributed by atoms with Gasteiger partial charge in [0.1, 0.15) is 0 Å². The Balaban J connectivity index is 3.09. The van der Waals surface area contributed by atoms with Crippen LogP contribution < -0.4 is 10.9 Å². The molecule has 0 saturated carbocycles. The summed E-state index contributed by atoms with van der Waals surface area (Å²) in [5.74, 6) is 0. The molecule has 0 spiro atoms. The first-order valence-corrected chi connectivity index (χ1v) is 3.83. The van der Waals surface area contributed by atoms with Gasteiger partial charge in [0, 0.05) is 12.6 Å². The number of hydrazine groups is 1. The molecule has 0 saturated heterocycles. The summed E-state index contributed by atoms with van der Waals surface area (Å²) < 4.78 is 0. The Morgan fingerprint density at radius 3 is 2.00 bits per heavy atom. The van der Waals surface area contributed by atoms with E-state index >= 15 is 0 Å². The van der Waals surface area contributed by atoms with Crippen LogP contribution in [0.3, 0.4) is 0 Å². The Morgan fingerprint density at radius 1 is 1.11 bits per heavy atom. The molecule has 0 aromatic rings. The van der Waals surface area contributed by atoms with Crippen molar-refractivity contribution in [3.8, 4) is 0 Å². The lowest BCUT2D eigenvalue weighted by atomic mass is 10.2. The molecular formula is C7H18N2. The summed E-state index contributed by atoms with van der Waals surface area (Å²) in [5.41, 5.74) is 6.32. The third-order valence-corrected chi connectivity index (χ3v) is 1.47. The fraction of sp³-hybridized carbons (Fsp3) is 1.00. The van der Waals surface area contributed by atoms with E-state index in [2.05, 4.69) is 31.6 Å². The van der Waals surface area contributed by atoms with Crippen LogP contribution in [0.5, 0.6) is 0 Å². The van der Waals surface area contributed by atoms with E-state index in [4.69, 9.17) is 0 Å². The van der Waals surface area contributed by atoms with Crippen molar-refractivity contribution in [2.75, 3.05) is 6.54 Å². The van der Waals surface area contributed by atoms with Crippen molar-refractivity contribution in [3.05, 3.63) is 0 Å². The zero-order valence-corrected chi connectivity index (χ0v) is 6.70. The van der Waals surface area contributed by atoms with Crippen molar-refractivity contribution < 1.29 is 0 Å². The van der Waals surface area contributed by atoms with Crippen LogP contribution in [0, 0.1) is 0 Å². The third kappa shape index (κ3) is 4.43. The predicted octanol–water partition coefficient (Wildman–Crippen LogP) is 1.29. The Hall–Kier alpha value is -0.0800. The van der Waals surface area contributed by atoms with E-state index in [1.54, 1.807) is 0 Å². The van der Waals surface area contributed by atoms with Gasteiger partial charge in [-0.1, -0.05) is 20.8 Å². The standard InChI is InChI=1S/C7H18N2/c1-4-7(5-2)9-8-6-3/h7-9H,4-6H2,1-3H3. The maximum atomic E-state index is 3.22. The van der Waals surface area contributed by atoms with Crippen molar-refractivity contribution >= 4 is 0 Å². The Kier molecular flexibility index (Phi) is 5.99. The lowest BCUT2D eigenvalue weighted by Gasteiger charge is -2.13. The van der Waals surface area contributed by atoms with Gasteiger partial charge in [-0.3, -0.25) is 10.9 Å². The highest BCUT2D eigenvalue weighted by Gasteiger charge is 1.97. The zero-order chi connectivity index (χ0) is 7.11. The molecule has 0 aromatic heterocycles. The second-order valence-electron chi connectivity index (χ2n) is 2.19. The molecule has 2 heteroatoms. The molecule has 2 N–H and O–H groups in total. The first-order chi connectivity index (χ1) is 4.35. The molecule has 0 bridgehead atoms. The maximum absolute atomic E-state index is 3.22. The lowest BCUT2D eigenvalue weighted by Crippen LogP contribution is -2.39. The Bertz CT molecular complexity index is 50.9. The number of hydrogen-bond acceptors (Lipinski definition) is 2. The minimum Gasteiger partial charge on any atom is -0.258 e. The largest absolute Gasteiger partial charge is 0.258 e. The summed E-state index contributed by atoms with van der Waals surface area (Å²) in [7, 11) is 0. The van der Waals surface area contributed by atoms with Gasteiger partial charge in [-0.15, -0.1) is 0 Å². The summed E-state index contributed by atoms with van der Waals surface area (Å²) in [6.07, 6.45) is 2.40. The minimum atomic E-state index is 0.643. The second kappa shape index (κ2) is 6.05. The monoisotopic (exact) mass is 130 g/mol. The molecule has 9 heavy (non-hydrogen) atoms. The van der Waals surface area contributed by atoms with E-state index in [1.807, 2.05) is 0 Å². The van der Waals surface area contributed by atoms with Gasteiger partial charge in [-0.25, -0.2) is 0 Å². The topological polar surface area (TPSA) is 24.1 Å². The highest BCUT2D eigenvalue weighted by molar-refractivity contribution is 4.57. The van der Waals surface area contributed by atoms with Gasteiger partial charge in [-0.2, -0.15) is 0 Å². The normalized spacial score (nSPS) is 10.7. The molecule has 0 radical (unpaired) electrons. The molecule has 56 valence electrons. The van der Waals surface area contributed by atoms with Crippen LogP contribution in [0.4, 0.5) is 0 Å². The highest BCUT2D eigenvalue weighted by atomic mass is 15.4. The summed E-state index contributed by atoms with van der Waals surface area (Å²) in [4.78, 5) is 0. The molecule has 0 fully saturated rings. The van der Waals surface area contributed by atoms with Crippen molar-refractivity contribution in [3.63, 3.8) is 0 Å². The highest BCUT2D eigenvalue weighted by Crippen LogP contribution is 1.92. The molecule has 0 unspecified atom stereocenters. The van der Waals surface area contributed by atoms with Gasteiger partial charge in [0.2, 0.25) is 0 Å². The summed E-state index contributed by atoms with van der Waals surface area (Å²) >= 11 is 0. The van der Waals surface area contributed by atoms with Gasteiger partial charge >= 0.3 is 0 Å². The summed E-state index contributed by atoms with van der Waals surface area (Å²) in [5, 5.41) is 0. The van der Waals surface area contributed by atoms with Gasteiger partial charge in [0.25, 0.3) is 0 Å². The van der Waals surface area contributed by atoms with E-state index < -0.39 is 0 Å². The maximum Gasteiger partial charge on any atom is 0.0207 e. The molecule has 0 aliphatic rings. The predicted molar refractivity (Wildman–Crippen MR) is 41.2 cm³/mol. The van der Waals surface area contributed by atoms with Crippen LogP contribution in [-0.2, 0) is 0 Å². The van der Waals surface area contributed by atoms with Gasteiger partial charge < -0.3 is 0 Å². The molecule has 0 rings (SSSR count). The number of rotatable bonds is 5. The van der Waals surface area contributed by atoms with Crippen molar-refractivity contribution in [2.45, 2.75) is 39.7 Å². The molecule has 0 aromatic carbocycles. The average Bonchev–Trinajstić information content (AvgIpc) is 1.91. The fourth-order valence-corrected chi connectivity index (χ4v) is 0.739. The summed E-state index contributed by atoms with van der Waals surface area (Å²) in [6, 6.07) is 0.643. The van der Waals surface area contributed by atoms with Crippen molar-refractivity contribution in [1.82, 2.24) is 10.9 Å². The smallest absolute Gasteiger partial charge is 0.0207 e. The second-order valence-corrected chi connectivity index (χ2v) is 2.19. The van der Waals surface area contributed by atoms with Crippen LogP contribution in [-0.4, -0.2) is 12.6 Å². The van der Waals surface area contributed by atoms with Gasteiger partial charge in [0.05, 0.1) is 0 Å². The van der Waals surface area contributed by atoms with E-state index in [9.17, 15) is 0 Å². The van der Waals surface area contributed by atoms with Gasteiger partial charge in [0.15, 0.2) is 0 Å². The first kappa shape index (κ1) is 8.92. The van der Waals surface area contributed by atoms with Crippen LogP contribution in [0.25, 0.3) is 0 Å². The lowest BCUT2D eigenvalue weighted by molar-refractivity contribution is 0.418. The number of nitrogens with one attached hydrogen (secondary N) is 2. The summed E-state index contributed by atoms with van der Waals surface area (Å²) in [6.45, 7) is 7.48. The fourth-order valence-electron chi connectivity index (χ4n) is 0.739. The average molecular weight is 130 g/mol. The molecule has 0 heterocycles. The van der Waals surface area contributed by atoms with E-state index in [0.717, 1.165) is 6.54 Å². The molecule has 0 aliphatic carbocycles. The Morgan fingerprint density at radius 2 is 1.67 bits per heavy atom. The first-order valence-electron chi connectivity index (χ1n) is 3.83. The van der Waals surface area contributed by atoms with Gasteiger partial charge in [-0.05, 0) is 12.8 Å². The van der Waals surface area contributed by atoms with E-state index in [-0.39, 0.29) is 0 Å². The van der Waals surface area contributed by atoms with Crippen molar-refractivity contribution in [1.29, 1.82) is 0 Å². The quantitative estimate of drug-likeness (QED) is 0.548. The third-order valence-electron chi connectivity index (χ3n) is 1.47. The molecule has 0 atom stereocenters. The molecular weight excluding hydrogens is 112 g/mol. The van der Waals surface area contributed by atoms with Crippen LogP contribution in [0.2, 0.25) is 0 Å². The van der Waals surface area contributed by atoms with Crippen LogP contribution >= 0.6 is 0 Å². The zero-order valence-electron chi connectivity index (χ0n) is 6.70. The van der Waals surface area contributed by atoms with Crippen molar-refractivity contribution in [2.24, 2.45) is 0 Å². The minimum absolute atomic E-state index is 0.643. The van der Waals surface area contributed by atoms with Crippen LogP contribution in [0.15, 0.2) is 0 Å². The molecule has 0 amide bonds. The molecule has 0 aliphatic heterocycles. The van der Waals surface area contributed by atoms with E-state index in [0.29, 0.717) is 6.04 Å². The number of hydrogen-bond donors (Lipinski definition) is 2. The SMILES string of the molecule is CCNNC(CC)CC.